The molecule has 0 bridgehead atoms. The van der Waals surface area contributed by atoms with Crippen LogP contribution in [0.5, 0.6) is 0 Å². The van der Waals surface area contributed by atoms with Gasteiger partial charge < -0.3 is 0 Å². The van der Waals surface area contributed by atoms with Crippen LogP contribution in [0.15, 0.2) is 24.3 Å². The fourth-order valence-corrected chi connectivity index (χ4v) is 2.12. The van der Waals surface area contributed by atoms with Crippen molar-refractivity contribution in [3.8, 4) is 6.07 Å². The number of rotatable bonds is 1. The van der Waals surface area contributed by atoms with Crippen LogP contribution >= 0.6 is 0 Å². The molecule has 4 heteroatoms. The third-order valence-electron chi connectivity index (χ3n) is 3.17. The fourth-order valence-electron chi connectivity index (χ4n) is 2.12. The molecular formula is C12H10F3N. The van der Waals surface area contributed by atoms with E-state index in [0.717, 1.165) is 12.5 Å². The SMILES string of the molecule is N#CC1(c2ccccc2C(F)(F)F)CCC1. The van der Waals surface area contributed by atoms with Crippen molar-refractivity contribution < 1.29 is 13.2 Å². The lowest BCUT2D eigenvalue weighted by Crippen LogP contribution is -2.34. The first-order valence-corrected chi connectivity index (χ1v) is 5.08. The van der Waals surface area contributed by atoms with E-state index in [1.807, 2.05) is 6.07 Å². The monoisotopic (exact) mass is 225 g/mol. The minimum atomic E-state index is -4.38. The zero-order valence-corrected chi connectivity index (χ0v) is 8.51. The maximum absolute atomic E-state index is 12.8. The Kier molecular flexibility index (Phi) is 2.42. The fraction of sp³-hybridized carbons (Fsp3) is 0.417. The van der Waals surface area contributed by atoms with Gasteiger partial charge in [0.25, 0.3) is 0 Å². The minimum Gasteiger partial charge on any atom is -0.197 e. The molecule has 84 valence electrons. The van der Waals surface area contributed by atoms with E-state index < -0.39 is 17.2 Å². The van der Waals surface area contributed by atoms with Gasteiger partial charge in [0, 0.05) is 0 Å². The summed E-state index contributed by atoms with van der Waals surface area (Å²) in [5.41, 5.74) is -1.45. The molecule has 1 fully saturated rings. The van der Waals surface area contributed by atoms with E-state index in [1.165, 1.54) is 12.1 Å². The minimum absolute atomic E-state index is 0.135. The molecule has 1 nitrogen and oxygen atoms in total. The molecule has 1 aromatic carbocycles. The predicted molar refractivity (Wildman–Crippen MR) is 52.6 cm³/mol. The van der Waals surface area contributed by atoms with Crippen LogP contribution in [0.3, 0.4) is 0 Å². The van der Waals surface area contributed by atoms with Crippen molar-refractivity contribution in [2.75, 3.05) is 0 Å². The summed E-state index contributed by atoms with van der Waals surface area (Å²) in [5, 5.41) is 9.06. The van der Waals surface area contributed by atoms with Crippen molar-refractivity contribution in [1.82, 2.24) is 0 Å². The Morgan fingerprint density at radius 3 is 2.25 bits per heavy atom. The van der Waals surface area contributed by atoms with Crippen LogP contribution in [0, 0.1) is 11.3 Å². The van der Waals surface area contributed by atoms with Crippen LogP contribution < -0.4 is 0 Å². The Morgan fingerprint density at radius 2 is 1.81 bits per heavy atom. The number of nitriles is 1. The summed E-state index contributed by atoms with van der Waals surface area (Å²) >= 11 is 0. The van der Waals surface area contributed by atoms with Crippen molar-refractivity contribution in [2.24, 2.45) is 0 Å². The van der Waals surface area contributed by atoms with Gasteiger partial charge in [-0.2, -0.15) is 18.4 Å². The first kappa shape index (κ1) is 11.0. The maximum atomic E-state index is 12.8. The van der Waals surface area contributed by atoms with Crippen LogP contribution in [-0.4, -0.2) is 0 Å². The van der Waals surface area contributed by atoms with Crippen LogP contribution in [0.1, 0.15) is 30.4 Å². The summed E-state index contributed by atoms with van der Waals surface area (Å²) in [4.78, 5) is 0. The van der Waals surface area contributed by atoms with Gasteiger partial charge in [0.05, 0.1) is 17.0 Å². The van der Waals surface area contributed by atoms with Gasteiger partial charge in [0.1, 0.15) is 0 Å². The second-order valence-corrected chi connectivity index (χ2v) is 4.09. The highest BCUT2D eigenvalue weighted by molar-refractivity contribution is 5.42. The molecule has 0 amide bonds. The molecule has 1 aromatic rings. The maximum Gasteiger partial charge on any atom is 0.416 e. The molecule has 2 rings (SSSR count). The standard InChI is InChI=1S/C12H10F3N/c13-12(14,15)10-5-2-1-4-9(10)11(8-16)6-3-7-11/h1-2,4-5H,3,6-7H2. The summed E-state index contributed by atoms with van der Waals surface area (Å²) in [6.45, 7) is 0. The molecule has 0 N–H and O–H groups in total. The lowest BCUT2D eigenvalue weighted by Gasteiger charge is -2.37. The molecule has 0 radical (unpaired) electrons. The van der Waals surface area contributed by atoms with Crippen molar-refractivity contribution in [1.29, 1.82) is 5.26 Å². The molecule has 0 spiro atoms. The van der Waals surface area contributed by atoms with Gasteiger partial charge in [-0.15, -0.1) is 0 Å². The van der Waals surface area contributed by atoms with Crippen molar-refractivity contribution in [3.05, 3.63) is 35.4 Å². The Bertz CT molecular complexity index is 438. The molecule has 1 saturated carbocycles. The first-order chi connectivity index (χ1) is 7.49. The summed E-state index contributed by atoms with van der Waals surface area (Å²) in [7, 11) is 0. The summed E-state index contributed by atoms with van der Waals surface area (Å²) in [6, 6.07) is 7.43. The summed E-state index contributed by atoms with van der Waals surface area (Å²) in [5.74, 6) is 0. The molecule has 1 aliphatic carbocycles. The average Bonchev–Trinajstić information content (AvgIpc) is 2.16. The van der Waals surface area contributed by atoms with Gasteiger partial charge in [-0.05, 0) is 30.9 Å². The van der Waals surface area contributed by atoms with E-state index in [9.17, 15) is 13.2 Å². The van der Waals surface area contributed by atoms with Gasteiger partial charge in [-0.1, -0.05) is 18.2 Å². The van der Waals surface area contributed by atoms with E-state index in [4.69, 9.17) is 5.26 Å². The Labute approximate surface area is 91.5 Å². The number of hydrogen-bond acceptors (Lipinski definition) is 1. The summed E-state index contributed by atoms with van der Waals surface area (Å²) < 4.78 is 38.3. The summed E-state index contributed by atoms with van der Waals surface area (Å²) in [6.07, 6.45) is -2.51. The lowest BCUT2D eigenvalue weighted by molar-refractivity contribution is -0.138. The number of nitrogens with zero attached hydrogens (tertiary/aromatic N) is 1. The predicted octanol–water partition coefficient (Wildman–Crippen LogP) is 3.65. The van der Waals surface area contributed by atoms with E-state index in [2.05, 4.69) is 0 Å². The van der Waals surface area contributed by atoms with Gasteiger partial charge in [0.2, 0.25) is 0 Å². The Morgan fingerprint density at radius 1 is 1.19 bits per heavy atom. The highest BCUT2D eigenvalue weighted by Gasteiger charge is 2.45. The molecular weight excluding hydrogens is 215 g/mol. The molecule has 0 atom stereocenters. The lowest BCUT2D eigenvalue weighted by atomic mass is 9.64. The normalized spacial score (nSPS) is 18.6. The smallest absolute Gasteiger partial charge is 0.197 e. The zero-order valence-electron chi connectivity index (χ0n) is 8.51. The van der Waals surface area contributed by atoms with E-state index in [-0.39, 0.29) is 5.56 Å². The topological polar surface area (TPSA) is 23.8 Å². The molecule has 0 unspecified atom stereocenters. The molecule has 1 aliphatic rings. The molecule has 0 aromatic heterocycles. The van der Waals surface area contributed by atoms with Crippen LogP contribution in [0.4, 0.5) is 13.2 Å². The Balaban J connectivity index is 2.54. The quantitative estimate of drug-likeness (QED) is 0.715. The first-order valence-electron chi connectivity index (χ1n) is 5.08. The van der Waals surface area contributed by atoms with Crippen molar-refractivity contribution in [3.63, 3.8) is 0 Å². The van der Waals surface area contributed by atoms with Gasteiger partial charge in [-0.3, -0.25) is 0 Å². The van der Waals surface area contributed by atoms with E-state index in [0.29, 0.717) is 12.8 Å². The van der Waals surface area contributed by atoms with Gasteiger partial charge >= 0.3 is 6.18 Å². The highest BCUT2D eigenvalue weighted by Crippen LogP contribution is 2.47. The molecule has 16 heavy (non-hydrogen) atoms. The second-order valence-electron chi connectivity index (χ2n) is 4.09. The highest BCUT2D eigenvalue weighted by atomic mass is 19.4. The third-order valence-corrected chi connectivity index (χ3v) is 3.17. The third kappa shape index (κ3) is 1.57. The number of halogens is 3. The molecule has 0 heterocycles. The number of benzene rings is 1. The van der Waals surface area contributed by atoms with Crippen molar-refractivity contribution in [2.45, 2.75) is 30.9 Å². The largest absolute Gasteiger partial charge is 0.416 e. The van der Waals surface area contributed by atoms with E-state index >= 15 is 0 Å². The van der Waals surface area contributed by atoms with Crippen molar-refractivity contribution >= 4 is 0 Å². The van der Waals surface area contributed by atoms with Crippen LogP contribution in [0.25, 0.3) is 0 Å². The molecule has 0 aliphatic heterocycles. The Hall–Kier alpha value is -1.50. The molecule has 0 saturated heterocycles. The van der Waals surface area contributed by atoms with Gasteiger partial charge in [-0.25, -0.2) is 0 Å². The van der Waals surface area contributed by atoms with Crippen LogP contribution in [-0.2, 0) is 11.6 Å². The van der Waals surface area contributed by atoms with E-state index in [1.54, 1.807) is 6.07 Å². The zero-order chi connectivity index (χ0) is 11.8. The number of hydrogen-bond donors (Lipinski definition) is 0. The average molecular weight is 225 g/mol. The van der Waals surface area contributed by atoms with Crippen LogP contribution in [0.2, 0.25) is 0 Å². The second kappa shape index (κ2) is 3.51. The number of alkyl halides is 3. The van der Waals surface area contributed by atoms with Gasteiger partial charge in [0.15, 0.2) is 0 Å².